The summed E-state index contributed by atoms with van der Waals surface area (Å²) in [6.07, 6.45) is 1.13. The van der Waals surface area contributed by atoms with Crippen LogP contribution in [0.4, 0.5) is 0 Å². The first kappa shape index (κ1) is 11.5. The molecule has 1 aromatic rings. The van der Waals surface area contributed by atoms with Gasteiger partial charge in [-0.15, -0.1) is 0 Å². The fraction of sp³-hybridized carbons (Fsp3) is 0.417. The molecule has 1 aliphatic heterocycles. The predicted octanol–water partition coefficient (Wildman–Crippen LogP) is 2.46. The lowest BCUT2D eigenvalue weighted by molar-refractivity contribution is 0.380. The Morgan fingerprint density at radius 3 is 3.00 bits per heavy atom. The molecule has 1 aromatic carbocycles. The zero-order valence-corrected chi connectivity index (χ0v) is 11.0. The van der Waals surface area contributed by atoms with Crippen LogP contribution in [0.5, 0.6) is 0 Å². The number of halogens is 1. The number of hydrogen-bond donors (Lipinski definition) is 1. The summed E-state index contributed by atoms with van der Waals surface area (Å²) in [5.74, 6) is 0.939. The van der Waals surface area contributed by atoms with Crippen LogP contribution in [0.1, 0.15) is 17.5 Å². The number of benzene rings is 1. The molecule has 0 radical (unpaired) electrons. The van der Waals surface area contributed by atoms with E-state index in [-0.39, 0.29) is 0 Å². The molecular weight excluding hydrogens is 266 g/mol. The maximum absolute atomic E-state index is 4.44. The van der Waals surface area contributed by atoms with E-state index < -0.39 is 0 Å². The Kier molecular flexibility index (Phi) is 3.83. The Labute approximate surface area is 105 Å². The van der Waals surface area contributed by atoms with Crippen LogP contribution in [0, 0.1) is 6.92 Å². The van der Waals surface area contributed by atoms with Gasteiger partial charge in [-0.3, -0.25) is 9.34 Å². The fourth-order valence-electron chi connectivity index (χ4n) is 1.89. The minimum Gasteiger partial charge on any atom is -0.338 e. The molecular formula is C12H16BrN3. The molecule has 16 heavy (non-hydrogen) atoms. The maximum Gasteiger partial charge on any atom is 0.204 e. The van der Waals surface area contributed by atoms with E-state index in [1.54, 1.807) is 0 Å². The standard InChI is InChI=1S/C12H16BrN3/c1-10-5-2-3-6-11(10)9-16-8-4-7-14-12(16)15-13/h2-3,5-6H,4,7-9H2,1H3,(H,14,15). The first-order valence-electron chi connectivity index (χ1n) is 5.52. The SMILES string of the molecule is Cc1ccccc1CN1CCCN=C1NBr. The normalized spacial score (nSPS) is 15.9. The largest absolute Gasteiger partial charge is 0.338 e. The third kappa shape index (κ3) is 2.55. The molecule has 86 valence electrons. The molecule has 3 nitrogen and oxygen atoms in total. The fourth-order valence-corrected chi connectivity index (χ4v) is 2.27. The van der Waals surface area contributed by atoms with Gasteiger partial charge in [0.25, 0.3) is 0 Å². The zero-order chi connectivity index (χ0) is 11.4. The summed E-state index contributed by atoms with van der Waals surface area (Å²) in [5.41, 5.74) is 2.70. The van der Waals surface area contributed by atoms with Crippen molar-refractivity contribution >= 4 is 22.1 Å². The van der Waals surface area contributed by atoms with Crippen LogP contribution >= 0.6 is 16.1 Å². The van der Waals surface area contributed by atoms with Gasteiger partial charge < -0.3 is 4.90 Å². The van der Waals surface area contributed by atoms with Crippen LogP contribution in [0.25, 0.3) is 0 Å². The highest BCUT2D eigenvalue weighted by Crippen LogP contribution is 2.13. The molecule has 0 saturated heterocycles. The average molecular weight is 282 g/mol. The number of aliphatic imine (C=N–C) groups is 1. The molecule has 1 N–H and O–H groups in total. The highest BCUT2D eigenvalue weighted by atomic mass is 79.9. The molecule has 2 rings (SSSR count). The third-order valence-electron chi connectivity index (χ3n) is 2.85. The van der Waals surface area contributed by atoms with E-state index in [0.29, 0.717) is 0 Å². The second kappa shape index (κ2) is 5.34. The number of aryl methyl sites for hydroxylation is 1. The van der Waals surface area contributed by atoms with Crippen molar-refractivity contribution in [1.29, 1.82) is 0 Å². The summed E-state index contributed by atoms with van der Waals surface area (Å²) < 4.78 is 2.98. The van der Waals surface area contributed by atoms with Crippen LogP contribution in [-0.4, -0.2) is 23.9 Å². The van der Waals surface area contributed by atoms with Gasteiger partial charge in [0, 0.05) is 35.8 Å². The van der Waals surface area contributed by atoms with E-state index in [1.807, 2.05) is 0 Å². The van der Waals surface area contributed by atoms with Gasteiger partial charge in [0.15, 0.2) is 0 Å². The number of rotatable bonds is 2. The molecule has 1 heterocycles. The summed E-state index contributed by atoms with van der Waals surface area (Å²) in [5, 5.41) is 0. The van der Waals surface area contributed by atoms with E-state index in [4.69, 9.17) is 0 Å². The zero-order valence-electron chi connectivity index (χ0n) is 9.41. The van der Waals surface area contributed by atoms with Gasteiger partial charge in [0.2, 0.25) is 5.96 Å². The van der Waals surface area contributed by atoms with Gasteiger partial charge in [-0.1, -0.05) is 24.3 Å². The molecule has 0 amide bonds. The van der Waals surface area contributed by atoms with Crippen molar-refractivity contribution in [2.45, 2.75) is 19.9 Å². The number of nitrogens with zero attached hydrogens (tertiary/aromatic N) is 2. The lowest BCUT2D eigenvalue weighted by atomic mass is 10.1. The summed E-state index contributed by atoms with van der Waals surface area (Å²) in [6.45, 7) is 5.05. The third-order valence-corrected chi connectivity index (χ3v) is 3.21. The van der Waals surface area contributed by atoms with Crippen molar-refractivity contribution in [2.24, 2.45) is 4.99 Å². The number of hydrogen-bond acceptors (Lipinski definition) is 3. The van der Waals surface area contributed by atoms with Crippen molar-refractivity contribution in [3.05, 3.63) is 35.4 Å². The lowest BCUT2D eigenvalue weighted by Gasteiger charge is -2.28. The minimum atomic E-state index is 0.915. The van der Waals surface area contributed by atoms with Gasteiger partial charge in [0.05, 0.1) is 0 Å². The van der Waals surface area contributed by atoms with E-state index in [1.165, 1.54) is 11.1 Å². The molecule has 1 aliphatic rings. The monoisotopic (exact) mass is 281 g/mol. The van der Waals surface area contributed by atoms with Crippen molar-refractivity contribution in [2.75, 3.05) is 13.1 Å². The van der Waals surface area contributed by atoms with Crippen LogP contribution in [0.2, 0.25) is 0 Å². The van der Waals surface area contributed by atoms with Crippen molar-refractivity contribution < 1.29 is 0 Å². The van der Waals surface area contributed by atoms with Crippen molar-refractivity contribution in [1.82, 2.24) is 9.24 Å². The van der Waals surface area contributed by atoms with Crippen LogP contribution in [-0.2, 0) is 6.54 Å². The molecule has 0 atom stereocenters. The average Bonchev–Trinajstić information content (AvgIpc) is 2.33. The predicted molar refractivity (Wildman–Crippen MR) is 70.6 cm³/mol. The van der Waals surface area contributed by atoms with Crippen LogP contribution < -0.4 is 4.34 Å². The smallest absolute Gasteiger partial charge is 0.204 e. The Hall–Kier alpha value is -1.03. The first-order valence-corrected chi connectivity index (χ1v) is 6.31. The Morgan fingerprint density at radius 1 is 1.44 bits per heavy atom. The summed E-state index contributed by atoms with van der Waals surface area (Å²) in [6, 6.07) is 8.49. The summed E-state index contributed by atoms with van der Waals surface area (Å²) in [7, 11) is 0. The Bertz CT molecular complexity index is 390. The Balaban J connectivity index is 2.12. The van der Waals surface area contributed by atoms with E-state index in [2.05, 4.69) is 61.6 Å². The highest BCUT2D eigenvalue weighted by molar-refractivity contribution is 9.08. The first-order chi connectivity index (χ1) is 7.81. The molecule has 0 aromatic heterocycles. The van der Waals surface area contributed by atoms with Crippen molar-refractivity contribution in [3.63, 3.8) is 0 Å². The maximum atomic E-state index is 4.44. The second-order valence-electron chi connectivity index (χ2n) is 4.00. The highest BCUT2D eigenvalue weighted by Gasteiger charge is 2.15. The minimum absolute atomic E-state index is 0.915. The van der Waals surface area contributed by atoms with E-state index in [0.717, 1.165) is 32.0 Å². The van der Waals surface area contributed by atoms with E-state index >= 15 is 0 Å². The topological polar surface area (TPSA) is 27.6 Å². The van der Waals surface area contributed by atoms with E-state index in [9.17, 15) is 0 Å². The molecule has 0 unspecified atom stereocenters. The van der Waals surface area contributed by atoms with Gasteiger partial charge in [0.1, 0.15) is 0 Å². The van der Waals surface area contributed by atoms with Crippen LogP contribution in [0.3, 0.4) is 0 Å². The molecule has 0 fully saturated rings. The Morgan fingerprint density at radius 2 is 2.25 bits per heavy atom. The van der Waals surface area contributed by atoms with Crippen LogP contribution in [0.15, 0.2) is 29.3 Å². The molecule has 0 spiro atoms. The number of nitrogens with one attached hydrogen (secondary N) is 1. The molecule has 4 heteroatoms. The quantitative estimate of drug-likeness (QED) is 0.844. The number of guanidine groups is 1. The van der Waals surface area contributed by atoms with Gasteiger partial charge in [-0.2, -0.15) is 0 Å². The molecule has 0 bridgehead atoms. The van der Waals surface area contributed by atoms with Crippen molar-refractivity contribution in [3.8, 4) is 0 Å². The lowest BCUT2D eigenvalue weighted by Crippen LogP contribution is -2.40. The van der Waals surface area contributed by atoms with Gasteiger partial charge >= 0.3 is 0 Å². The second-order valence-corrected chi connectivity index (χ2v) is 4.40. The van der Waals surface area contributed by atoms with Gasteiger partial charge in [-0.05, 0) is 24.5 Å². The molecule has 0 saturated carbocycles. The summed E-state index contributed by atoms with van der Waals surface area (Å²) in [4.78, 5) is 6.70. The van der Waals surface area contributed by atoms with Gasteiger partial charge in [-0.25, -0.2) is 0 Å². The molecule has 0 aliphatic carbocycles. The summed E-state index contributed by atoms with van der Waals surface area (Å²) >= 11 is 3.26.